The molecule has 82 valence electrons. The zero-order chi connectivity index (χ0) is 11.5. The van der Waals surface area contributed by atoms with Crippen LogP contribution in [0.2, 0.25) is 0 Å². The molecule has 1 aromatic heterocycles. The van der Waals surface area contributed by atoms with Gasteiger partial charge in [0.05, 0.1) is 5.69 Å². The van der Waals surface area contributed by atoms with Crippen LogP contribution in [0.1, 0.15) is 12.6 Å². The standard InChI is InChI=1S/C11H13N5/c1-2-8-7-5-3-4-6-9(7)15-11(14-8)16-10(12)13/h3-6H,2H2,1H3,(H4,12,13,14,15,16)/p+1. The number of fused-ring (bicyclic) bond motifs is 1. The predicted molar refractivity (Wildman–Crippen MR) is 62.9 cm³/mol. The highest BCUT2D eigenvalue weighted by atomic mass is 15.1. The molecule has 0 saturated carbocycles. The van der Waals surface area contributed by atoms with Crippen LogP contribution in [-0.2, 0) is 6.42 Å². The summed E-state index contributed by atoms with van der Waals surface area (Å²) in [6, 6.07) is 7.86. The van der Waals surface area contributed by atoms with Gasteiger partial charge >= 0.3 is 5.95 Å². The van der Waals surface area contributed by atoms with E-state index in [2.05, 4.69) is 15.0 Å². The minimum atomic E-state index is 0.0948. The Labute approximate surface area is 93.2 Å². The molecular weight excluding hydrogens is 202 g/mol. The number of benzene rings is 1. The molecule has 1 aromatic carbocycles. The molecule has 0 saturated heterocycles. The lowest BCUT2D eigenvalue weighted by Gasteiger charge is -1.99. The van der Waals surface area contributed by atoms with Crippen molar-refractivity contribution in [2.75, 3.05) is 0 Å². The molecule has 16 heavy (non-hydrogen) atoms. The summed E-state index contributed by atoms with van der Waals surface area (Å²) in [5.41, 5.74) is 12.6. The van der Waals surface area contributed by atoms with Gasteiger partial charge in [-0.05, 0) is 18.6 Å². The molecule has 0 aliphatic carbocycles. The number of rotatable bonds is 2. The van der Waals surface area contributed by atoms with Gasteiger partial charge in [-0.3, -0.25) is 0 Å². The van der Waals surface area contributed by atoms with Gasteiger partial charge in [-0.2, -0.15) is 0 Å². The van der Waals surface area contributed by atoms with E-state index in [0.717, 1.165) is 23.0 Å². The van der Waals surface area contributed by atoms with Gasteiger partial charge in [-0.1, -0.05) is 19.1 Å². The van der Waals surface area contributed by atoms with Crippen LogP contribution in [-0.4, -0.2) is 15.9 Å². The predicted octanol–water partition coefficient (Wildman–Crippen LogP) is -0.822. The van der Waals surface area contributed by atoms with Crippen LogP contribution < -0.4 is 16.5 Å². The van der Waals surface area contributed by atoms with E-state index in [1.165, 1.54) is 0 Å². The maximum Gasteiger partial charge on any atom is 0.354 e. The van der Waals surface area contributed by atoms with Crippen molar-refractivity contribution in [3.8, 4) is 0 Å². The Balaban J connectivity index is 2.68. The summed E-state index contributed by atoms with van der Waals surface area (Å²) in [5.74, 6) is 0.535. The van der Waals surface area contributed by atoms with E-state index in [0.29, 0.717) is 5.95 Å². The number of para-hydroxylation sites is 1. The summed E-state index contributed by atoms with van der Waals surface area (Å²) in [5, 5.41) is 1.06. The first-order chi connectivity index (χ1) is 7.70. The van der Waals surface area contributed by atoms with E-state index in [4.69, 9.17) is 11.5 Å². The lowest BCUT2D eigenvalue weighted by Crippen LogP contribution is -2.73. The largest absolute Gasteiger partial charge is 0.354 e. The van der Waals surface area contributed by atoms with Crippen molar-refractivity contribution >= 4 is 22.8 Å². The average molecular weight is 216 g/mol. The van der Waals surface area contributed by atoms with Crippen molar-refractivity contribution in [1.29, 1.82) is 0 Å². The van der Waals surface area contributed by atoms with Crippen molar-refractivity contribution in [2.45, 2.75) is 13.3 Å². The first-order valence-electron chi connectivity index (χ1n) is 5.11. The average Bonchev–Trinajstić information content (AvgIpc) is 2.27. The Bertz CT molecular complexity index is 543. The van der Waals surface area contributed by atoms with Crippen molar-refractivity contribution < 1.29 is 4.99 Å². The Hall–Kier alpha value is -2.17. The summed E-state index contributed by atoms with van der Waals surface area (Å²) < 4.78 is 0. The summed E-state index contributed by atoms with van der Waals surface area (Å²) in [4.78, 5) is 11.4. The van der Waals surface area contributed by atoms with E-state index in [-0.39, 0.29) is 5.96 Å². The number of guanidine groups is 1. The van der Waals surface area contributed by atoms with E-state index in [9.17, 15) is 0 Å². The first-order valence-corrected chi connectivity index (χ1v) is 5.11. The normalized spacial score (nSPS) is 10.3. The van der Waals surface area contributed by atoms with E-state index >= 15 is 0 Å². The van der Waals surface area contributed by atoms with Gasteiger partial charge < -0.3 is 11.5 Å². The summed E-state index contributed by atoms with van der Waals surface area (Å²) >= 11 is 0. The third kappa shape index (κ3) is 1.93. The Morgan fingerprint density at radius 2 is 2.00 bits per heavy atom. The van der Waals surface area contributed by atoms with Gasteiger partial charge in [0, 0.05) is 5.39 Å². The topological polar surface area (TPSA) is 91.8 Å². The molecule has 1 heterocycles. The van der Waals surface area contributed by atoms with Gasteiger partial charge in [-0.15, -0.1) is 9.97 Å². The Morgan fingerprint density at radius 1 is 1.25 bits per heavy atom. The SMILES string of the molecule is CCc1nc([NH+]=C(N)N)nc2ccccc12. The molecule has 2 aromatic rings. The van der Waals surface area contributed by atoms with Crippen LogP contribution in [0.3, 0.4) is 0 Å². The summed E-state index contributed by atoms with van der Waals surface area (Å²) in [6.07, 6.45) is 0.836. The fraction of sp³-hybridized carbons (Fsp3) is 0.182. The quantitative estimate of drug-likeness (QED) is 0.451. The van der Waals surface area contributed by atoms with Gasteiger partial charge in [0.2, 0.25) is 0 Å². The highest BCUT2D eigenvalue weighted by Gasteiger charge is 2.09. The zero-order valence-electron chi connectivity index (χ0n) is 9.07. The molecule has 0 fully saturated rings. The van der Waals surface area contributed by atoms with Crippen LogP contribution in [0, 0.1) is 0 Å². The van der Waals surface area contributed by atoms with Crippen molar-refractivity contribution in [1.82, 2.24) is 9.97 Å². The van der Waals surface area contributed by atoms with E-state index < -0.39 is 0 Å². The van der Waals surface area contributed by atoms with E-state index in [1.807, 2.05) is 31.2 Å². The maximum absolute atomic E-state index is 5.36. The fourth-order valence-corrected chi connectivity index (χ4v) is 1.60. The molecule has 0 radical (unpaired) electrons. The molecule has 5 N–H and O–H groups in total. The highest BCUT2D eigenvalue weighted by molar-refractivity contribution is 5.81. The smallest absolute Gasteiger partial charge is 0.323 e. The van der Waals surface area contributed by atoms with Crippen LogP contribution in [0.15, 0.2) is 24.3 Å². The lowest BCUT2D eigenvalue weighted by atomic mass is 10.1. The van der Waals surface area contributed by atoms with Crippen LogP contribution in [0.25, 0.3) is 10.9 Å². The van der Waals surface area contributed by atoms with Crippen LogP contribution in [0.5, 0.6) is 0 Å². The fourth-order valence-electron chi connectivity index (χ4n) is 1.60. The van der Waals surface area contributed by atoms with Crippen molar-refractivity contribution in [3.05, 3.63) is 30.0 Å². The molecule has 0 bridgehead atoms. The Kier molecular flexibility index (Phi) is 2.68. The molecule has 0 aliphatic heterocycles. The molecule has 0 amide bonds. The molecule has 2 rings (SSSR count). The van der Waals surface area contributed by atoms with Gasteiger partial charge in [0.15, 0.2) is 0 Å². The van der Waals surface area contributed by atoms with Gasteiger partial charge in [-0.25, -0.2) is 4.99 Å². The second kappa shape index (κ2) is 4.14. The first kappa shape index (κ1) is 10.4. The van der Waals surface area contributed by atoms with E-state index in [1.54, 1.807) is 0 Å². The van der Waals surface area contributed by atoms with Crippen LogP contribution >= 0.6 is 0 Å². The second-order valence-corrected chi connectivity index (χ2v) is 3.44. The Morgan fingerprint density at radius 3 is 2.69 bits per heavy atom. The molecule has 0 aliphatic rings. The van der Waals surface area contributed by atoms with Gasteiger partial charge in [0.1, 0.15) is 5.52 Å². The number of aryl methyl sites for hydroxylation is 1. The minimum absolute atomic E-state index is 0.0948. The van der Waals surface area contributed by atoms with Crippen molar-refractivity contribution in [2.24, 2.45) is 11.5 Å². The molecule has 0 unspecified atom stereocenters. The van der Waals surface area contributed by atoms with Gasteiger partial charge in [0.25, 0.3) is 5.96 Å². The monoisotopic (exact) mass is 216 g/mol. The molecule has 5 nitrogen and oxygen atoms in total. The summed E-state index contributed by atoms with van der Waals surface area (Å²) in [7, 11) is 0. The number of aromatic nitrogens is 2. The van der Waals surface area contributed by atoms with Crippen LogP contribution in [0.4, 0.5) is 5.95 Å². The lowest BCUT2D eigenvalue weighted by molar-refractivity contribution is -0.366. The highest BCUT2D eigenvalue weighted by Crippen LogP contribution is 2.15. The second-order valence-electron chi connectivity index (χ2n) is 3.44. The number of nitrogens with one attached hydrogen (secondary N) is 1. The number of nitrogens with two attached hydrogens (primary N) is 2. The summed E-state index contributed by atoms with van der Waals surface area (Å²) in [6.45, 7) is 2.05. The minimum Gasteiger partial charge on any atom is -0.323 e. The number of hydrogen-bond acceptors (Lipinski definition) is 2. The number of hydrogen-bond donors (Lipinski definition) is 3. The molecule has 5 heteroatoms. The zero-order valence-corrected chi connectivity index (χ0v) is 9.07. The molecule has 0 atom stereocenters. The van der Waals surface area contributed by atoms with Crippen molar-refractivity contribution in [3.63, 3.8) is 0 Å². The molecular formula is C11H14N5+. The maximum atomic E-state index is 5.36. The number of nitrogens with zero attached hydrogens (tertiary/aromatic N) is 2. The molecule has 0 spiro atoms. The third-order valence-corrected chi connectivity index (χ3v) is 2.27. The third-order valence-electron chi connectivity index (χ3n) is 2.27.